The average Bonchev–Trinajstić information content (AvgIpc) is 2.30. The van der Waals surface area contributed by atoms with E-state index in [0.29, 0.717) is 25.2 Å². The van der Waals surface area contributed by atoms with Gasteiger partial charge in [0, 0.05) is 25.2 Å². The van der Waals surface area contributed by atoms with Gasteiger partial charge in [0.15, 0.2) is 6.29 Å². The van der Waals surface area contributed by atoms with Crippen LogP contribution in [0.2, 0.25) is 0 Å². The van der Waals surface area contributed by atoms with Crippen molar-refractivity contribution < 1.29 is 14.3 Å². The molecule has 1 aromatic carbocycles. The molecule has 0 N–H and O–H groups in total. The lowest BCUT2D eigenvalue weighted by atomic mass is 10.1. The number of benzene rings is 1. The summed E-state index contributed by atoms with van der Waals surface area (Å²) in [6.07, 6.45) is 0.253. The fourth-order valence-electron chi connectivity index (χ4n) is 1.62. The zero-order valence-electron chi connectivity index (χ0n) is 10.2. The first-order valence-corrected chi connectivity index (χ1v) is 6.18. The topological polar surface area (TPSA) is 35.5 Å². The summed E-state index contributed by atoms with van der Waals surface area (Å²) < 4.78 is 10.9. The van der Waals surface area contributed by atoms with Crippen LogP contribution in [0.5, 0.6) is 0 Å². The molecule has 1 rings (SSSR count). The van der Waals surface area contributed by atoms with Gasteiger partial charge in [-0.3, -0.25) is 4.79 Å². The highest BCUT2D eigenvalue weighted by Crippen LogP contribution is 2.15. The van der Waals surface area contributed by atoms with Gasteiger partial charge in [-0.05, 0) is 19.4 Å². The van der Waals surface area contributed by atoms with E-state index in [0.717, 1.165) is 5.56 Å². The Morgan fingerprint density at radius 3 is 2.35 bits per heavy atom. The molecule has 17 heavy (non-hydrogen) atoms. The predicted molar refractivity (Wildman–Crippen MR) is 70.5 cm³/mol. The molecule has 0 unspecified atom stereocenters. The molecule has 0 saturated carbocycles. The SMILES string of the molecule is CCOC(Cc1ccccc1C(=O)S)OCC. The van der Waals surface area contributed by atoms with E-state index in [1.54, 1.807) is 6.07 Å². The molecule has 0 aliphatic rings. The summed E-state index contributed by atoms with van der Waals surface area (Å²) in [5.74, 6) is 0. The lowest BCUT2D eigenvalue weighted by Gasteiger charge is -2.18. The molecule has 0 bridgehead atoms. The maximum atomic E-state index is 11.3. The zero-order valence-corrected chi connectivity index (χ0v) is 11.1. The van der Waals surface area contributed by atoms with Crippen molar-refractivity contribution in [3.63, 3.8) is 0 Å². The fourth-order valence-corrected chi connectivity index (χ4v) is 1.84. The Kier molecular flexibility index (Phi) is 6.26. The Labute approximate surface area is 108 Å². The number of ether oxygens (including phenoxy) is 2. The molecule has 0 aliphatic carbocycles. The van der Waals surface area contributed by atoms with Gasteiger partial charge < -0.3 is 9.47 Å². The van der Waals surface area contributed by atoms with Crippen LogP contribution in [0.3, 0.4) is 0 Å². The van der Waals surface area contributed by atoms with Crippen LogP contribution in [-0.4, -0.2) is 24.6 Å². The van der Waals surface area contributed by atoms with Crippen molar-refractivity contribution in [1.29, 1.82) is 0 Å². The minimum atomic E-state index is -0.307. The Hall–Kier alpha value is -0.840. The van der Waals surface area contributed by atoms with E-state index < -0.39 is 0 Å². The first-order valence-electron chi connectivity index (χ1n) is 5.73. The molecule has 0 aliphatic heterocycles. The number of rotatable bonds is 7. The van der Waals surface area contributed by atoms with Crippen LogP contribution in [0, 0.1) is 0 Å². The van der Waals surface area contributed by atoms with E-state index in [1.165, 1.54) is 0 Å². The number of carbonyl (C=O) groups is 1. The summed E-state index contributed by atoms with van der Waals surface area (Å²) >= 11 is 3.86. The van der Waals surface area contributed by atoms with Crippen LogP contribution >= 0.6 is 12.6 Å². The predicted octanol–water partition coefficient (Wildman–Crippen LogP) is 2.70. The molecule has 0 heterocycles. The molecule has 0 fully saturated rings. The van der Waals surface area contributed by atoms with E-state index in [-0.39, 0.29) is 11.4 Å². The second-order valence-electron chi connectivity index (χ2n) is 3.51. The van der Waals surface area contributed by atoms with Crippen molar-refractivity contribution in [1.82, 2.24) is 0 Å². The Morgan fingerprint density at radius 1 is 1.24 bits per heavy atom. The number of thiol groups is 1. The largest absolute Gasteiger partial charge is 0.353 e. The lowest BCUT2D eigenvalue weighted by molar-refractivity contribution is -0.134. The molecule has 4 heteroatoms. The van der Waals surface area contributed by atoms with Gasteiger partial charge in [0.05, 0.1) is 0 Å². The van der Waals surface area contributed by atoms with Gasteiger partial charge >= 0.3 is 0 Å². The first kappa shape index (κ1) is 14.2. The van der Waals surface area contributed by atoms with Gasteiger partial charge in [0.1, 0.15) is 0 Å². The highest BCUT2D eigenvalue weighted by Gasteiger charge is 2.14. The minimum absolute atomic E-state index is 0.229. The normalized spacial score (nSPS) is 10.8. The molecule has 3 nitrogen and oxygen atoms in total. The van der Waals surface area contributed by atoms with Gasteiger partial charge in [-0.2, -0.15) is 0 Å². The molecule has 94 valence electrons. The monoisotopic (exact) mass is 254 g/mol. The van der Waals surface area contributed by atoms with Crippen molar-refractivity contribution in [3.8, 4) is 0 Å². The minimum Gasteiger partial charge on any atom is -0.353 e. The Bertz CT molecular complexity index is 359. The maximum Gasteiger partial charge on any atom is 0.216 e. The highest BCUT2D eigenvalue weighted by atomic mass is 32.1. The van der Waals surface area contributed by atoms with Gasteiger partial charge in [0.25, 0.3) is 0 Å². The van der Waals surface area contributed by atoms with Crippen LogP contribution in [0.4, 0.5) is 0 Å². The molecular weight excluding hydrogens is 236 g/mol. The van der Waals surface area contributed by atoms with E-state index in [4.69, 9.17) is 9.47 Å². The third kappa shape index (κ3) is 4.50. The average molecular weight is 254 g/mol. The maximum absolute atomic E-state index is 11.3. The van der Waals surface area contributed by atoms with E-state index in [2.05, 4.69) is 12.6 Å². The fraction of sp³-hybridized carbons (Fsp3) is 0.462. The van der Waals surface area contributed by atoms with Crippen molar-refractivity contribution in [2.45, 2.75) is 26.6 Å². The molecule has 0 atom stereocenters. The number of hydrogen-bond acceptors (Lipinski definition) is 3. The van der Waals surface area contributed by atoms with Crippen molar-refractivity contribution in [2.24, 2.45) is 0 Å². The van der Waals surface area contributed by atoms with E-state index in [9.17, 15) is 4.79 Å². The summed E-state index contributed by atoms with van der Waals surface area (Å²) in [5.41, 5.74) is 1.51. The second-order valence-corrected chi connectivity index (χ2v) is 3.91. The third-order valence-corrected chi connectivity index (χ3v) is 2.58. The zero-order chi connectivity index (χ0) is 12.7. The summed E-state index contributed by atoms with van der Waals surface area (Å²) in [4.78, 5) is 11.3. The van der Waals surface area contributed by atoms with Crippen LogP contribution in [0.25, 0.3) is 0 Å². The van der Waals surface area contributed by atoms with Gasteiger partial charge in [-0.1, -0.05) is 24.3 Å². The molecule has 0 saturated heterocycles. The van der Waals surface area contributed by atoms with Crippen molar-refractivity contribution in [3.05, 3.63) is 35.4 Å². The standard InChI is InChI=1S/C13H18O3S/c1-3-15-12(16-4-2)9-10-7-5-6-8-11(10)13(14)17/h5-8,12H,3-4,9H2,1-2H3,(H,14,17). The van der Waals surface area contributed by atoms with Crippen LogP contribution in [0.15, 0.2) is 24.3 Å². The van der Waals surface area contributed by atoms with E-state index >= 15 is 0 Å². The molecule has 1 aromatic rings. The van der Waals surface area contributed by atoms with Gasteiger partial charge in [-0.25, -0.2) is 0 Å². The molecule has 0 amide bonds. The Balaban J connectivity index is 2.80. The van der Waals surface area contributed by atoms with Gasteiger partial charge in [-0.15, -0.1) is 12.6 Å². The van der Waals surface area contributed by atoms with Gasteiger partial charge in [0.2, 0.25) is 5.12 Å². The van der Waals surface area contributed by atoms with Crippen LogP contribution in [-0.2, 0) is 15.9 Å². The molecule has 0 radical (unpaired) electrons. The summed E-state index contributed by atoms with van der Waals surface area (Å²) in [7, 11) is 0. The molecule has 0 spiro atoms. The van der Waals surface area contributed by atoms with E-state index in [1.807, 2.05) is 32.0 Å². The van der Waals surface area contributed by atoms with Crippen LogP contribution < -0.4 is 0 Å². The third-order valence-electron chi connectivity index (χ3n) is 2.34. The summed E-state index contributed by atoms with van der Waals surface area (Å²) in [6.45, 7) is 5.01. The van der Waals surface area contributed by atoms with Crippen molar-refractivity contribution >= 4 is 17.7 Å². The second kappa shape index (κ2) is 7.48. The smallest absolute Gasteiger partial charge is 0.216 e. The Morgan fingerprint density at radius 2 is 1.82 bits per heavy atom. The molecular formula is C13H18O3S. The lowest BCUT2D eigenvalue weighted by Crippen LogP contribution is -2.21. The highest BCUT2D eigenvalue weighted by molar-refractivity contribution is 7.97. The van der Waals surface area contributed by atoms with Crippen molar-refractivity contribution in [2.75, 3.05) is 13.2 Å². The first-order chi connectivity index (χ1) is 8.19. The summed E-state index contributed by atoms with van der Waals surface area (Å²) in [5, 5.41) is -0.229. The molecule has 0 aromatic heterocycles. The summed E-state index contributed by atoms with van der Waals surface area (Å²) in [6, 6.07) is 7.38. The number of hydrogen-bond donors (Lipinski definition) is 1. The van der Waals surface area contributed by atoms with Crippen LogP contribution in [0.1, 0.15) is 29.8 Å². The number of carbonyl (C=O) groups excluding carboxylic acids is 1. The quantitative estimate of drug-likeness (QED) is 0.600.